The molecule has 180 valence electrons. The molecule has 34 heavy (non-hydrogen) atoms. The Labute approximate surface area is 206 Å². The fourth-order valence-corrected chi connectivity index (χ4v) is 6.10. The molecule has 3 aromatic rings. The zero-order valence-electron chi connectivity index (χ0n) is 17.8. The van der Waals surface area contributed by atoms with Crippen molar-refractivity contribution in [1.29, 1.82) is 0 Å². The first-order chi connectivity index (χ1) is 16.2. The monoisotopic (exact) mass is 527 g/mol. The number of morpholine rings is 1. The molecule has 0 spiro atoms. The number of benzene rings is 2. The lowest BCUT2D eigenvalue weighted by atomic mass is 10.0. The van der Waals surface area contributed by atoms with Gasteiger partial charge in [0.1, 0.15) is 22.7 Å². The average molecular weight is 528 g/mol. The second-order valence-electron chi connectivity index (χ2n) is 7.78. The van der Waals surface area contributed by atoms with Crippen LogP contribution in [0, 0.1) is 11.6 Å². The predicted molar refractivity (Wildman–Crippen MR) is 127 cm³/mol. The van der Waals surface area contributed by atoms with Crippen LogP contribution in [0.5, 0.6) is 0 Å². The molecule has 0 saturated carbocycles. The molecular weight excluding hydrogens is 507 g/mol. The Morgan fingerprint density at radius 3 is 2.56 bits per heavy atom. The highest BCUT2D eigenvalue weighted by Gasteiger charge is 2.36. The summed E-state index contributed by atoms with van der Waals surface area (Å²) >= 11 is 12.3. The molecule has 0 radical (unpaired) electrons. The summed E-state index contributed by atoms with van der Waals surface area (Å²) < 4.78 is 62.3. The third kappa shape index (κ3) is 5.04. The van der Waals surface area contributed by atoms with Gasteiger partial charge in [0.15, 0.2) is 9.84 Å². The Bertz CT molecular complexity index is 1290. The van der Waals surface area contributed by atoms with Crippen LogP contribution in [-0.2, 0) is 14.6 Å². The molecule has 0 aliphatic carbocycles. The van der Waals surface area contributed by atoms with E-state index >= 15 is 0 Å². The standard InChI is InChI=1S/C23H21Cl2F2N3O3S/c24-14-1-4-17(5-2-14)34(31,32)23(19-9-15(26)3-6-21(19)27)18-10-22(29-12-20(18)25)30-7-8-33-16(11-28)13-30/h1-6,9-10,12,16,23H,7-8,11,13,28H2. The maximum Gasteiger partial charge on any atom is 0.189 e. The van der Waals surface area contributed by atoms with Gasteiger partial charge >= 0.3 is 0 Å². The topological polar surface area (TPSA) is 85.5 Å². The fraction of sp³-hybridized carbons (Fsp3) is 0.261. The third-order valence-corrected chi connectivity index (χ3v) is 8.20. The summed E-state index contributed by atoms with van der Waals surface area (Å²) in [4.78, 5) is 6.10. The Kier molecular flexibility index (Phi) is 7.39. The van der Waals surface area contributed by atoms with E-state index in [0.29, 0.717) is 37.1 Å². The molecule has 2 heterocycles. The molecule has 2 atom stereocenters. The number of ether oxygens (including phenoxy) is 1. The summed E-state index contributed by atoms with van der Waals surface area (Å²) in [6.07, 6.45) is 1.09. The summed E-state index contributed by atoms with van der Waals surface area (Å²) in [5, 5.41) is -1.30. The van der Waals surface area contributed by atoms with E-state index in [1.165, 1.54) is 36.5 Å². The summed E-state index contributed by atoms with van der Waals surface area (Å²) in [5.74, 6) is -1.24. The van der Waals surface area contributed by atoms with Crippen LogP contribution in [-0.4, -0.2) is 45.7 Å². The number of anilines is 1. The van der Waals surface area contributed by atoms with Crippen molar-refractivity contribution in [3.63, 3.8) is 0 Å². The van der Waals surface area contributed by atoms with E-state index in [1.807, 2.05) is 4.90 Å². The molecule has 2 unspecified atom stereocenters. The number of hydrogen-bond donors (Lipinski definition) is 1. The molecule has 11 heteroatoms. The summed E-state index contributed by atoms with van der Waals surface area (Å²) in [6, 6.07) is 9.61. The lowest BCUT2D eigenvalue weighted by Gasteiger charge is -2.33. The average Bonchev–Trinajstić information content (AvgIpc) is 2.83. The first-order valence-corrected chi connectivity index (χ1v) is 12.7. The van der Waals surface area contributed by atoms with Gasteiger partial charge in [-0.3, -0.25) is 0 Å². The van der Waals surface area contributed by atoms with Crippen LogP contribution in [0.25, 0.3) is 0 Å². The number of pyridine rings is 1. The molecular formula is C23H21Cl2F2N3O3S. The van der Waals surface area contributed by atoms with Crippen molar-refractivity contribution in [1.82, 2.24) is 4.98 Å². The van der Waals surface area contributed by atoms with Gasteiger partial charge in [-0.25, -0.2) is 22.2 Å². The number of nitrogens with zero attached hydrogens (tertiary/aromatic N) is 2. The number of halogens is 4. The van der Waals surface area contributed by atoms with Crippen LogP contribution in [0.1, 0.15) is 16.4 Å². The summed E-state index contributed by atoms with van der Waals surface area (Å²) in [7, 11) is -4.29. The van der Waals surface area contributed by atoms with Crippen LogP contribution in [0.4, 0.5) is 14.6 Å². The maximum atomic E-state index is 14.9. The highest BCUT2D eigenvalue weighted by molar-refractivity contribution is 7.92. The van der Waals surface area contributed by atoms with Crippen molar-refractivity contribution in [2.45, 2.75) is 16.2 Å². The molecule has 6 nitrogen and oxygen atoms in total. The van der Waals surface area contributed by atoms with Gasteiger partial charge in [0.25, 0.3) is 0 Å². The van der Waals surface area contributed by atoms with Gasteiger partial charge in [0.2, 0.25) is 0 Å². The van der Waals surface area contributed by atoms with E-state index in [4.69, 9.17) is 33.7 Å². The van der Waals surface area contributed by atoms with Gasteiger partial charge < -0.3 is 15.4 Å². The minimum atomic E-state index is -4.29. The van der Waals surface area contributed by atoms with Gasteiger partial charge in [-0.15, -0.1) is 0 Å². The lowest BCUT2D eigenvalue weighted by molar-refractivity contribution is 0.0463. The minimum absolute atomic E-state index is 0.00131. The summed E-state index contributed by atoms with van der Waals surface area (Å²) in [6.45, 7) is 1.65. The quantitative estimate of drug-likeness (QED) is 0.511. The second-order valence-corrected chi connectivity index (χ2v) is 10.7. The molecule has 1 saturated heterocycles. The van der Waals surface area contributed by atoms with Gasteiger partial charge in [0.05, 0.1) is 22.6 Å². The zero-order chi connectivity index (χ0) is 24.5. The Hall–Kier alpha value is -2.30. The second kappa shape index (κ2) is 10.1. The zero-order valence-corrected chi connectivity index (χ0v) is 20.1. The largest absolute Gasteiger partial charge is 0.373 e. The van der Waals surface area contributed by atoms with E-state index in [1.54, 1.807) is 0 Å². The first-order valence-electron chi connectivity index (χ1n) is 10.4. The molecule has 0 bridgehead atoms. The SMILES string of the molecule is NCC1CN(c2cc(C(c3cc(F)ccc3F)S(=O)(=O)c3ccc(Cl)cc3)c(Cl)cn2)CCO1. The highest BCUT2D eigenvalue weighted by Crippen LogP contribution is 2.41. The predicted octanol–water partition coefficient (Wildman–Crippen LogP) is 4.39. The molecule has 0 amide bonds. The number of nitrogens with two attached hydrogens (primary N) is 1. The molecule has 2 aromatic carbocycles. The van der Waals surface area contributed by atoms with Crippen LogP contribution in [0.2, 0.25) is 10.0 Å². The first kappa shape index (κ1) is 24.8. The van der Waals surface area contributed by atoms with E-state index in [0.717, 1.165) is 18.2 Å². The Morgan fingerprint density at radius 1 is 1.12 bits per heavy atom. The van der Waals surface area contributed by atoms with E-state index in [2.05, 4.69) is 4.98 Å². The van der Waals surface area contributed by atoms with E-state index in [-0.39, 0.29) is 27.1 Å². The Balaban J connectivity index is 1.89. The van der Waals surface area contributed by atoms with Crippen LogP contribution >= 0.6 is 23.2 Å². The van der Waals surface area contributed by atoms with Crippen molar-refractivity contribution < 1.29 is 21.9 Å². The van der Waals surface area contributed by atoms with Crippen molar-refractivity contribution in [3.05, 3.63) is 87.5 Å². The van der Waals surface area contributed by atoms with Crippen molar-refractivity contribution in [2.75, 3.05) is 31.1 Å². The minimum Gasteiger partial charge on any atom is -0.373 e. The normalized spacial score (nSPS) is 17.6. The van der Waals surface area contributed by atoms with Gasteiger partial charge in [-0.05, 0) is 54.1 Å². The smallest absolute Gasteiger partial charge is 0.189 e. The third-order valence-electron chi connectivity index (χ3n) is 5.57. The van der Waals surface area contributed by atoms with Crippen LogP contribution < -0.4 is 10.6 Å². The van der Waals surface area contributed by atoms with Crippen molar-refractivity contribution >= 4 is 38.9 Å². The van der Waals surface area contributed by atoms with Crippen molar-refractivity contribution in [3.8, 4) is 0 Å². The molecule has 1 aliphatic heterocycles. The lowest BCUT2D eigenvalue weighted by Crippen LogP contribution is -2.46. The number of rotatable bonds is 6. The van der Waals surface area contributed by atoms with Crippen LogP contribution in [0.15, 0.2) is 59.6 Å². The van der Waals surface area contributed by atoms with E-state index < -0.39 is 26.7 Å². The molecule has 4 rings (SSSR count). The highest BCUT2D eigenvalue weighted by atomic mass is 35.5. The molecule has 1 fully saturated rings. The van der Waals surface area contributed by atoms with Crippen LogP contribution in [0.3, 0.4) is 0 Å². The fourth-order valence-electron chi connectivity index (χ4n) is 3.86. The maximum absolute atomic E-state index is 14.9. The number of aromatic nitrogens is 1. The van der Waals surface area contributed by atoms with Gasteiger partial charge in [-0.1, -0.05) is 23.2 Å². The van der Waals surface area contributed by atoms with Crippen molar-refractivity contribution in [2.24, 2.45) is 5.73 Å². The van der Waals surface area contributed by atoms with Gasteiger partial charge in [-0.2, -0.15) is 0 Å². The molecule has 1 aromatic heterocycles. The molecule has 1 aliphatic rings. The van der Waals surface area contributed by atoms with Gasteiger partial charge in [0, 0.05) is 36.4 Å². The Morgan fingerprint density at radius 2 is 1.85 bits per heavy atom. The molecule has 2 N–H and O–H groups in total. The summed E-state index contributed by atoms with van der Waals surface area (Å²) in [5.41, 5.74) is 5.43. The number of hydrogen-bond acceptors (Lipinski definition) is 6. The number of sulfone groups is 1. The van der Waals surface area contributed by atoms with E-state index in [9.17, 15) is 17.2 Å².